The Bertz CT molecular complexity index is 127. The van der Waals surface area contributed by atoms with Gasteiger partial charge >= 0.3 is 6.16 Å². The van der Waals surface area contributed by atoms with Crippen molar-refractivity contribution in [1.29, 1.82) is 0 Å². The lowest BCUT2D eigenvalue weighted by Gasteiger charge is -2.15. The molecule has 6 heteroatoms. The van der Waals surface area contributed by atoms with Crippen LogP contribution in [0, 0.1) is 4.91 Å². The van der Waals surface area contributed by atoms with Crippen LogP contribution >= 0.6 is 0 Å². The van der Waals surface area contributed by atoms with Crippen LogP contribution in [-0.2, 0) is 4.74 Å². The van der Waals surface area contributed by atoms with Gasteiger partial charge in [0, 0.05) is 0 Å². The molecule has 11 heavy (non-hydrogen) atoms. The van der Waals surface area contributed by atoms with Crippen molar-refractivity contribution in [1.82, 2.24) is 0 Å². The monoisotopic (exact) mass is 165 g/mol. The van der Waals surface area contributed by atoms with E-state index in [2.05, 4.69) is 4.74 Å². The van der Waals surface area contributed by atoms with Gasteiger partial charge in [0.15, 0.2) is 5.34 Å². The van der Waals surface area contributed by atoms with E-state index in [1.807, 2.05) is 0 Å². The highest BCUT2D eigenvalue weighted by Gasteiger charge is 2.13. The zero-order chi connectivity index (χ0) is 9.49. The minimum atomic E-state index is -1.22. The SMILES string of the molecule is CC(C)(C)OC(=O)O.O=NO. The summed E-state index contributed by atoms with van der Waals surface area (Å²) in [6.07, 6.45) is -1.22. The number of ether oxygens (including phenoxy) is 1. The van der Waals surface area contributed by atoms with Crippen LogP contribution in [0.4, 0.5) is 4.79 Å². The van der Waals surface area contributed by atoms with Crippen molar-refractivity contribution in [3.63, 3.8) is 0 Å². The molecule has 0 amide bonds. The molecule has 0 unspecified atom stereocenters. The summed E-state index contributed by atoms with van der Waals surface area (Å²) in [6, 6.07) is 0. The molecule has 0 rings (SSSR count). The fourth-order valence-corrected chi connectivity index (χ4v) is 0.262. The summed E-state index contributed by atoms with van der Waals surface area (Å²) in [5, 5.41) is 15.9. The van der Waals surface area contributed by atoms with Crippen LogP contribution in [0.2, 0.25) is 0 Å². The summed E-state index contributed by atoms with van der Waals surface area (Å²) >= 11 is 0. The normalized spacial score (nSPS) is 9.00. The summed E-state index contributed by atoms with van der Waals surface area (Å²) in [7, 11) is 0. The van der Waals surface area contributed by atoms with Gasteiger partial charge in [0.25, 0.3) is 0 Å². The number of hydrogen-bond acceptors (Lipinski definition) is 4. The Labute approximate surface area is 63.7 Å². The summed E-state index contributed by atoms with van der Waals surface area (Å²) in [5.74, 6) is 0. The van der Waals surface area contributed by atoms with Crippen molar-refractivity contribution in [3.05, 3.63) is 4.91 Å². The van der Waals surface area contributed by atoms with Crippen molar-refractivity contribution >= 4 is 6.16 Å². The standard InChI is InChI=1S/C5H10O3.HNO2/c1-5(2,3)8-4(6)7;2-1-3/h1-3H3,(H,6,7);(H,2,3). The average Bonchev–Trinajstić information content (AvgIpc) is 1.57. The third kappa shape index (κ3) is 28.6. The van der Waals surface area contributed by atoms with Gasteiger partial charge in [-0.25, -0.2) is 4.79 Å². The Morgan fingerprint density at radius 2 is 1.73 bits per heavy atom. The molecule has 0 aromatic carbocycles. The number of nitrogens with zero attached hydrogens (tertiary/aromatic N) is 1. The van der Waals surface area contributed by atoms with Crippen molar-refractivity contribution in [2.45, 2.75) is 26.4 Å². The molecule has 6 nitrogen and oxygen atoms in total. The van der Waals surface area contributed by atoms with Gasteiger partial charge in [-0.15, -0.1) is 4.91 Å². The van der Waals surface area contributed by atoms with E-state index in [1.165, 1.54) is 5.34 Å². The molecule has 0 aliphatic heterocycles. The van der Waals surface area contributed by atoms with E-state index in [0.29, 0.717) is 0 Å². The second kappa shape index (κ2) is 5.45. The molecule has 0 aliphatic carbocycles. The van der Waals surface area contributed by atoms with Gasteiger partial charge in [0.05, 0.1) is 0 Å². The van der Waals surface area contributed by atoms with Crippen LogP contribution < -0.4 is 0 Å². The molecule has 66 valence electrons. The maximum absolute atomic E-state index is 9.79. The molecule has 0 atom stereocenters. The van der Waals surface area contributed by atoms with Crippen LogP contribution in [-0.4, -0.2) is 22.1 Å². The Hall–Kier alpha value is -1.33. The molecule has 0 aromatic heterocycles. The number of rotatable bonds is 0. The molecule has 2 N–H and O–H groups in total. The summed E-state index contributed by atoms with van der Waals surface area (Å²) in [6.45, 7) is 5.04. The zero-order valence-corrected chi connectivity index (χ0v) is 6.57. The van der Waals surface area contributed by atoms with E-state index in [9.17, 15) is 4.79 Å². The van der Waals surface area contributed by atoms with Crippen molar-refractivity contribution < 1.29 is 19.8 Å². The van der Waals surface area contributed by atoms with E-state index >= 15 is 0 Å². The van der Waals surface area contributed by atoms with Crippen molar-refractivity contribution in [2.24, 2.45) is 5.34 Å². The van der Waals surface area contributed by atoms with Gasteiger partial charge in [-0.2, -0.15) is 0 Å². The molecule has 0 aliphatic rings. The Morgan fingerprint density at radius 3 is 1.73 bits per heavy atom. The highest BCUT2D eigenvalue weighted by Crippen LogP contribution is 2.05. The second-order valence-corrected chi connectivity index (χ2v) is 2.56. The lowest BCUT2D eigenvalue weighted by atomic mass is 10.2. The number of carbonyl (C=O) groups is 1. The van der Waals surface area contributed by atoms with E-state index in [0.717, 1.165) is 0 Å². The lowest BCUT2D eigenvalue weighted by Crippen LogP contribution is -2.22. The maximum atomic E-state index is 9.79. The third-order valence-electron chi connectivity index (χ3n) is 0.393. The quantitative estimate of drug-likeness (QED) is 0.323. The number of carboxylic acid groups (broad SMARTS) is 1. The minimum Gasteiger partial charge on any atom is -0.450 e. The minimum absolute atomic E-state index is 0.578. The van der Waals surface area contributed by atoms with E-state index in [1.54, 1.807) is 20.8 Å². The van der Waals surface area contributed by atoms with Crippen LogP contribution in [0.15, 0.2) is 5.34 Å². The molecular weight excluding hydrogens is 154 g/mol. The Kier molecular flexibility index (Phi) is 6.13. The maximum Gasteiger partial charge on any atom is 0.506 e. The van der Waals surface area contributed by atoms with Gasteiger partial charge in [0.1, 0.15) is 5.60 Å². The van der Waals surface area contributed by atoms with Crippen LogP contribution in [0.25, 0.3) is 0 Å². The fraction of sp³-hybridized carbons (Fsp3) is 0.800. The Morgan fingerprint density at radius 1 is 1.45 bits per heavy atom. The highest BCUT2D eigenvalue weighted by molar-refractivity contribution is 5.57. The van der Waals surface area contributed by atoms with Gasteiger partial charge in [0.2, 0.25) is 0 Å². The van der Waals surface area contributed by atoms with Crippen LogP contribution in [0.3, 0.4) is 0 Å². The first-order chi connectivity index (χ1) is 4.83. The molecule has 0 fully saturated rings. The topological polar surface area (TPSA) is 96.2 Å². The lowest BCUT2D eigenvalue weighted by molar-refractivity contribution is 0.0150. The van der Waals surface area contributed by atoms with Crippen LogP contribution in [0.5, 0.6) is 0 Å². The van der Waals surface area contributed by atoms with Gasteiger partial charge < -0.3 is 15.1 Å². The molecule has 0 saturated heterocycles. The fourth-order valence-electron chi connectivity index (χ4n) is 0.262. The first kappa shape index (κ1) is 12.4. The Balaban J connectivity index is 0. The molecule has 0 aromatic rings. The molecule has 0 radical (unpaired) electrons. The second-order valence-electron chi connectivity index (χ2n) is 2.56. The predicted molar refractivity (Wildman–Crippen MR) is 36.4 cm³/mol. The van der Waals surface area contributed by atoms with Gasteiger partial charge in [-0.05, 0) is 20.8 Å². The highest BCUT2D eigenvalue weighted by atomic mass is 16.7. The van der Waals surface area contributed by atoms with Gasteiger partial charge in [-0.1, -0.05) is 0 Å². The molecule has 0 heterocycles. The zero-order valence-electron chi connectivity index (χ0n) is 6.57. The molecular formula is C5H11NO5. The molecule has 0 saturated carbocycles. The van der Waals surface area contributed by atoms with E-state index in [-0.39, 0.29) is 0 Å². The van der Waals surface area contributed by atoms with Gasteiger partial charge in [-0.3, -0.25) is 0 Å². The smallest absolute Gasteiger partial charge is 0.450 e. The van der Waals surface area contributed by atoms with Crippen LogP contribution in [0.1, 0.15) is 20.8 Å². The predicted octanol–water partition coefficient (Wildman–Crippen LogP) is 1.62. The summed E-state index contributed by atoms with van der Waals surface area (Å²) in [5.41, 5.74) is -0.578. The average molecular weight is 165 g/mol. The molecule has 0 spiro atoms. The van der Waals surface area contributed by atoms with Crippen molar-refractivity contribution in [2.75, 3.05) is 0 Å². The first-order valence-electron chi connectivity index (χ1n) is 2.72. The third-order valence-corrected chi connectivity index (χ3v) is 0.393. The number of hydrogen-bond donors (Lipinski definition) is 2. The summed E-state index contributed by atoms with van der Waals surface area (Å²) < 4.78 is 4.35. The van der Waals surface area contributed by atoms with E-state index in [4.69, 9.17) is 15.2 Å². The van der Waals surface area contributed by atoms with Crippen molar-refractivity contribution in [3.8, 4) is 0 Å². The molecule has 0 bridgehead atoms. The largest absolute Gasteiger partial charge is 0.506 e. The summed E-state index contributed by atoms with van der Waals surface area (Å²) in [4.78, 5) is 17.9. The van der Waals surface area contributed by atoms with E-state index < -0.39 is 11.8 Å². The first-order valence-corrected chi connectivity index (χ1v) is 2.72.